The van der Waals surface area contributed by atoms with Crippen LogP contribution >= 0.6 is 0 Å². The van der Waals surface area contributed by atoms with Crippen molar-refractivity contribution >= 4 is 20.8 Å². The Bertz CT molecular complexity index is 510. The first-order chi connectivity index (χ1) is 8.30. The third-order valence-electron chi connectivity index (χ3n) is 2.51. The quantitative estimate of drug-likeness (QED) is 0.698. The van der Waals surface area contributed by atoms with Gasteiger partial charge < -0.3 is 9.73 Å². The van der Waals surface area contributed by atoms with Gasteiger partial charge in [0.15, 0.2) is 0 Å². The first-order valence-electron chi connectivity index (χ1n) is 5.45. The van der Waals surface area contributed by atoms with Crippen LogP contribution in [0.5, 0.6) is 0 Å². The van der Waals surface area contributed by atoms with Crippen LogP contribution in [0.25, 0.3) is 0 Å². The minimum absolute atomic E-state index is 0.133. The van der Waals surface area contributed by atoms with Crippen LogP contribution in [0, 0.1) is 0 Å². The molecule has 1 heterocycles. The molecule has 2 atom stereocenters. The number of rotatable bonds is 7. The van der Waals surface area contributed by atoms with Gasteiger partial charge in [0.05, 0.1) is 6.54 Å². The SMILES string of the molecule is CC(CCNCc1ccc(S(N)(=O)=O)o1)S(C)=O. The number of furan rings is 1. The first kappa shape index (κ1) is 15.4. The van der Waals surface area contributed by atoms with Gasteiger partial charge in [0, 0.05) is 22.3 Å². The van der Waals surface area contributed by atoms with E-state index in [0.717, 1.165) is 6.42 Å². The molecule has 1 aromatic rings. The molecule has 0 amide bonds. The second-order valence-corrected chi connectivity index (χ2v) is 7.33. The maximum absolute atomic E-state index is 11.1. The molecule has 3 N–H and O–H groups in total. The maximum Gasteiger partial charge on any atom is 0.271 e. The van der Waals surface area contributed by atoms with E-state index in [1.807, 2.05) is 6.92 Å². The molecule has 0 bridgehead atoms. The van der Waals surface area contributed by atoms with Crippen molar-refractivity contribution < 1.29 is 17.0 Å². The van der Waals surface area contributed by atoms with Crippen molar-refractivity contribution in [2.75, 3.05) is 12.8 Å². The minimum atomic E-state index is -3.77. The monoisotopic (exact) mass is 294 g/mol. The van der Waals surface area contributed by atoms with E-state index < -0.39 is 20.8 Å². The Morgan fingerprint density at radius 3 is 2.67 bits per heavy atom. The van der Waals surface area contributed by atoms with E-state index in [4.69, 9.17) is 9.56 Å². The Morgan fingerprint density at radius 2 is 2.17 bits per heavy atom. The molecule has 18 heavy (non-hydrogen) atoms. The Morgan fingerprint density at radius 1 is 1.50 bits per heavy atom. The van der Waals surface area contributed by atoms with Crippen molar-refractivity contribution in [2.45, 2.75) is 30.2 Å². The molecule has 0 fully saturated rings. The molecule has 0 aromatic carbocycles. The molecule has 0 saturated carbocycles. The Hall–Kier alpha value is -0.700. The first-order valence-corrected chi connectivity index (χ1v) is 8.62. The molecule has 6 nitrogen and oxygen atoms in total. The van der Waals surface area contributed by atoms with E-state index >= 15 is 0 Å². The lowest BCUT2D eigenvalue weighted by Crippen LogP contribution is -2.20. The van der Waals surface area contributed by atoms with E-state index in [0.29, 0.717) is 18.8 Å². The number of hydrogen-bond donors (Lipinski definition) is 2. The predicted octanol–water partition coefficient (Wildman–Crippen LogP) is 0.174. The lowest BCUT2D eigenvalue weighted by molar-refractivity contribution is 0.402. The van der Waals surface area contributed by atoms with Crippen molar-refractivity contribution in [3.8, 4) is 0 Å². The van der Waals surface area contributed by atoms with Crippen molar-refractivity contribution in [1.29, 1.82) is 0 Å². The van der Waals surface area contributed by atoms with Gasteiger partial charge in [0.25, 0.3) is 10.0 Å². The number of sulfonamides is 1. The van der Waals surface area contributed by atoms with Crippen LogP contribution in [-0.2, 0) is 27.4 Å². The summed E-state index contributed by atoms with van der Waals surface area (Å²) in [5.74, 6) is 0.504. The molecule has 2 unspecified atom stereocenters. The second kappa shape index (κ2) is 6.46. The molecule has 0 spiro atoms. The summed E-state index contributed by atoms with van der Waals surface area (Å²) in [5.41, 5.74) is 0. The summed E-state index contributed by atoms with van der Waals surface area (Å²) in [6.07, 6.45) is 2.46. The topological polar surface area (TPSA) is 102 Å². The van der Waals surface area contributed by atoms with Gasteiger partial charge >= 0.3 is 0 Å². The van der Waals surface area contributed by atoms with Crippen LogP contribution in [0.4, 0.5) is 0 Å². The molecule has 0 aliphatic heterocycles. The second-order valence-electron chi connectivity index (χ2n) is 4.04. The summed E-state index contributed by atoms with van der Waals surface area (Å²) < 4.78 is 38.1. The van der Waals surface area contributed by atoms with Gasteiger partial charge in [0.2, 0.25) is 5.09 Å². The number of nitrogens with one attached hydrogen (secondary N) is 1. The third kappa shape index (κ3) is 4.89. The molecule has 0 aliphatic rings. The van der Waals surface area contributed by atoms with Gasteiger partial charge in [-0.3, -0.25) is 4.21 Å². The number of nitrogens with two attached hydrogens (primary N) is 1. The Labute approximate surface area is 109 Å². The molecule has 0 saturated heterocycles. The molecule has 0 radical (unpaired) electrons. The minimum Gasteiger partial charge on any atom is -0.447 e. The molecular weight excluding hydrogens is 276 g/mol. The molecule has 0 aliphatic carbocycles. The van der Waals surface area contributed by atoms with Crippen LogP contribution in [0.15, 0.2) is 21.6 Å². The Balaban J connectivity index is 2.37. The summed E-state index contributed by atoms with van der Waals surface area (Å²) in [5, 5.41) is 7.91. The fraction of sp³-hybridized carbons (Fsp3) is 0.600. The zero-order valence-corrected chi connectivity index (χ0v) is 12.0. The lowest BCUT2D eigenvalue weighted by Gasteiger charge is -2.08. The average molecular weight is 294 g/mol. The van der Waals surface area contributed by atoms with Crippen molar-refractivity contribution in [3.63, 3.8) is 0 Å². The maximum atomic E-state index is 11.1. The van der Waals surface area contributed by atoms with Crippen LogP contribution < -0.4 is 10.5 Å². The van der Waals surface area contributed by atoms with Crippen molar-refractivity contribution in [2.24, 2.45) is 5.14 Å². The van der Waals surface area contributed by atoms with Gasteiger partial charge in [-0.05, 0) is 25.1 Å². The highest BCUT2D eigenvalue weighted by atomic mass is 32.2. The van der Waals surface area contributed by atoms with E-state index in [-0.39, 0.29) is 10.3 Å². The molecule has 104 valence electrons. The average Bonchev–Trinajstić information content (AvgIpc) is 2.72. The van der Waals surface area contributed by atoms with E-state index in [1.54, 1.807) is 12.3 Å². The van der Waals surface area contributed by atoms with Gasteiger partial charge in [-0.25, -0.2) is 13.6 Å². The van der Waals surface area contributed by atoms with Crippen LogP contribution in [0.1, 0.15) is 19.1 Å². The molecule has 1 aromatic heterocycles. The van der Waals surface area contributed by atoms with Crippen molar-refractivity contribution in [3.05, 3.63) is 17.9 Å². The summed E-state index contributed by atoms with van der Waals surface area (Å²) in [6, 6.07) is 2.89. The number of hydrogen-bond acceptors (Lipinski definition) is 5. The van der Waals surface area contributed by atoms with E-state index in [9.17, 15) is 12.6 Å². The van der Waals surface area contributed by atoms with Crippen molar-refractivity contribution in [1.82, 2.24) is 5.32 Å². The van der Waals surface area contributed by atoms with E-state index in [1.165, 1.54) is 6.07 Å². The van der Waals surface area contributed by atoms with Gasteiger partial charge in [-0.15, -0.1) is 0 Å². The van der Waals surface area contributed by atoms with Gasteiger partial charge in [-0.2, -0.15) is 0 Å². The van der Waals surface area contributed by atoms with E-state index in [2.05, 4.69) is 5.32 Å². The smallest absolute Gasteiger partial charge is 0.271 e. The molecule has 1 rings (SSSR count). The lowest BCUT2D eigenvalue weighted by atomic mass is 10.3. The highest BCUT2D eigenvalue weighted by Gasteiger charge is 2.13. The summed E-state index contributed by atoms with van der Waals surface area (Å²) >= 11 is 0. The number of primary sulfonamides is 1. The zero-order chi connectivity index (χ0) is 13.8. The largest absolute Gasteiger partial charge is 0.447 e. The summed E-state index contributed by atoms with van der Waals surface area (Å²) in [7, 11) is -4.60. The van der Waals surface area contributed by atoms with Crippen LogP contribution in [0.2, 0.25) is 0 Å². The molecular formula is C10H18N2O4S2. The summed E-state index contributed by atoms with van der Waals surface area (Å²) in [6.45, 7) is 3.02. The van der Waals surface area contributed by atoms with Gasteiger partial charge in [-0.1, -0.05) is 6.92 Å². The zero-order valence-electron chi connectivity index (χ0n) is 10.4. The fourth-order valence-corrected chi connectivity index (χ4v) is 2.22. The highest BCUT2D eigenvalue weighted by molar-refractivity contribution is 7.89. The standard InChI is InChI=1S/C10H18N2O4S2/c1-8(17(2)13)5-6-12-7-9-3-4-10(16-9)18(11,14)15/h3-4,8,12H,5-7H2,1-2H3,(H2,11,14,15). The van der Waals surface area contributed by atoms with Gasteiger partial charge in [0.1, 0.15) is 5.76 Å². The highest BCUT2D eigenvalue weighted by Crippen LogP contribution is 2.11. The summed E-state index contributed by atoms with van der Waals surface area (Å²) in [4.78, 5) is 0. The molecule has 8 heteroatoms. The third-order valence-corrected chi connectivity index (χ3v) is 4.66. The Kier molecular flexibility index (Phi) is 5.51. The predicted molar refractivity (Wildman–Crippen MR) is 69.9 cm³/mol. The normalized spacial score (nSPS) is 15.5. The fourth-order valence-electron chi connectivity index (χ4n) is 1.29. The van der Waals surface area contributed by atoms with Crippen LogP contribution in [-0.4, -0.2) is 30.7 Å². The van der Waals surface area contributed by atoms with Crippen LogP contribution in [0.3, 0.4) is 0 Å².